The Morgan fingerprint density at radius 1 is 0.946 bits per heavy atom. The second kappa shape index (κ2) is 15.6. The smallest absolute Gasteiger partial charge is 0.326 e. The molecule has 0 radical (unpaired) electrons. The van der Waals surface area contributed by atoms with Gasteiger partial charge in [-0.2, -0.15) is 12.6 Å². The number of thiol groups is 1. The van der Waals surface area contributed by atoms with Crippen molar-refractivity contribution in [1.82, 2.24) is 25.9 Å². The molecule has 2 rings (SSSR count). The number of carboxylic acids is 1. The van der Waals surface area contributed by atoms with Crippen molar-refractivity contribution in [1.29, 1.82) is 0 Å². The number of aromatic nitrogens is 2. The first kappa shape index (κ1) is 29.8. The van der Waals surface area contributed by atoms with Crippen molar-refractivity contribution in [2.75, 3.05) is 12.3 Å². The Bertz CT molecular complexity index is 1010. The highest BCUT2D eigenvalue weighted by Gasteiger charge is 2.30. The molecule has 1 aromatic heterocycles. The first-order valence-corrected chi connectivity index (χ1v) is 12.6. The summed E-state index contributed by atoms with van der Waals surface area (Å²) >= 11 is 4.16. The van der Waals surface area contributed by atoms with Crippen molar-refractivity contribution in [3.05, 3.63) is 54.1 Å². The van der Waals surface area contributed by atoms with Gasteiger partial charge in [0.2, 0.25) is 17.7 Å². The average molecular weight is 534 g/mol. The van der Waals surface area contributed by atoms with E-state index in [1.54, 1.807) is 30.3 Å². The number of H-pyrrole nitrogens is 1. The van der Waals surface area contributed by atoms with Crippen LogP contribution in [0.4, 0.5) is 0 Å². The number of amides is 3. The number of benzene rings is 1. The monoisotopic (exact) mass is 533 g/mol. The number of nitrogens with zero attached hydrogens (tertiary/aromatic N) is 1. The molecule has 37 heavy (non-hydrogen) atoms. The fourth-order valence-corrected chi connectivity index (χ4v) is 3.79. The topological polar surface area (TPSA) is 205 Å². The van der Waals surface area contributed by atoms with E-state index in [0.717, 1.165) is 12.0 Å². The van der Waals surface area contributed by atoms with Gasteiger partial charge in [0.15, 0.2) is 0 Å². The lowest BCUT2D eigenvalue weighted by atomic mass is 10.0. The molecule has 9 N–H and O–H groups in total. The van der Waals surface area contributed by atoms with E-state index in [9.17, 15) is 24.3 Å². The van der Waals surface area contributed by atoms with Gasteiger partial charge >= 0.3 is 5.97 Å². The Morgan fingerprint density at radius 3 is 2.19 bits per heavy atom. The molecule has 0 aliphatic carbocycles. The summed E-state index contributed by atoms with van der Waals surface area (Å²) in [5.74, 6) is -3.14. The van der Waals surface area contributed by atoms with Gasteiger partial charge < -0.3 is 37.5 Å². The number of nitrogens with one attached hydrogen (secondary N) is 4. The standard InChI is InChI=1S/C24H35N7O5S/c25-9-5-4-8-17(26)21(32)31-20(13-37)23(34)29-18(11-16-12-27-14-28-16)22(33)30-19(24(35)36)10-15-6-2-1-3-7-15/h1-3,6-7,12,14,17-20,37H,4-5,8-11,13,25-26H2,(H,27,28)(H,29,34)(H,30,33)(H,31,32)(H,35,36). The number of imidazole rings is 1. The molecule has 1 heterocycles. The number of rotatable bonds is 16. The lowest BCUT2D eigenvalue weighted by molar-refractivity contribution is -0.142. The molecule has 4 unspecified atom stereocenters. The largest absolute Gasteiger partial charge is 0.480 e. The van der Waals surface area contributed by atoms with Crippen LogP contribution in [0.2, 0.25) is 0 Å². The predicted molar refractivity (Wildman–Crippen MR) is 141 cm³/mol. The number of unbranched alkanes of at least 4 members (excludes halogenated alkanes) is 1. The Kier molecular flexibility index (Phi) is 12.6. The second-order valence-electron chi connectivity index (χ2n) is 8.57. The van der Waals surface area contributed by atoms with Gasteiger partial charge in [-0.25, -0.2) is 9.78 Å². The van der Waals surface area contributed by atoms with E-state index in [4.69, 9.17) is 11.5 Å². The Balaban J connectivity index is 2.10. The highest BCUT2D eigenvalue weighted by molar-refractivity contribution is 7.80. The van der Waals surface area contributed by atoms with Gasteiger partial charge in [-0.1, -0.05) is 36.8 Å². The molecule has 0 spiro atoms. The predicted octanol–water partition coefficient (Wildman–Crippen LogP) is -0.880. The van der Waals surface area contributed by atoms with Crippen molar-refractivity contribution in [2.24, 2.45) is 11.5 Å². The number of hydrogen-bond donors (Lipinski definition) is 8. The third-order valence-corrected chi connectivity index (χ3v) is 6.00. The zero-order valence-corrected chi connectivity index (χ0v) is 21.3. The summed E-state index contributed by atoms with van der Waals surface area (Å²) in [6.07, 6.45) is 4.79. The minimum atomic E-state index is -1.22. The van der Waals surface area contributed by atoms with Crippen LogP contribution in [0.25, 0.3) is 0 Å². The van der Waals surface area contributed by atoms with Crippen LogP contribution in [-0.4, -0.2) is 75.2 Å². The van der Waals surface area contributed by atoms with E-state index in [0.29, 0.717) is 25.1 Å². The number of carbonyl (C=O) groups excluding carboxylic acids is 3. The van der Waals surface area contributed by atoms with Gasteiger partial charge in [-0.05, 0) is 24.9 Å². The number of aromatic amines is 1. The van der Waals surface area contributed by atoms with Gasteiger partial charge in [0.1, 0.15) is 18.1 Å². The van der Waals surface area contributed by atoms with Crippen LogP contribution in [0.3, 0.4) is 0 Å². The molecule has 202 valence electrons. The molecule has 13 heteroatoms. The van der Waals surface area contributed by atoms with Crippen LogP contribution in [0.15, 0.2) is 42.9 Å². The van der Waals surface area contributed by atoms with Crippen molar-refractivity contribution in [2.45, 2.75) is 56.3 Å². The Morgan fingerprint density at radius 2 is 1.59 bits per heavy atom. The third-order valence-electron chi connectivity index (χ3n) is 5.63. The normalized spacial score (nSPS) is 14.1. The minimum absolute atomic E-state index is 0.0150. The summed E-state index contributed by atoms with van der Waals surface area (Å²) in [5, 5.41) is 17.3. The molecule has 3 amide bonds. The van der Waals surface area contributed by atoms with Crippen molar-refractivity contribution >= 4 is 36.3 Å². The van der Waals surface area contributed by atoms with Crippen LogP contribution >= 0.6 is 12.6 Å². The molecule has 0 aliphatic heterocycles. The highest BCUT2D eigenvalue weighted by Crippen LogP contribution is 2.06. The SMILES string of the molecule is NCCCCC(N)C(=O)NC(CS)C(=O)NC(Cc1cnc[nH]1)C(=O)NC(Cc1ccccc1)C(=O)O. The summed E-state index contributed by atoms with van der Waals surface area (Å²) < 4.78 is 0. The summed E-state index contributed by atoms with van der Waals surface area (Å²) in [5.41, 5.74) is 12.6. The molecule has 0 fully saturated rings. The molecule has 0 aliphatic rings. The molecule has 12 nitrogen and oxygen atoms in total. The maximum Gasteiger partial charge on any atom is 0.326 e. The van der Waals surface area contributed by atoms with E-state index >= 15 is 0 Å². The molecule has 1 aromatic carbocycles. The van der Waals surface area contributed by atoms with Gasteiger partial charge in [0.25, 0.3) is 0 Å². The average Bonchev–Trinajstić information content (AvgIpc) is 3.40. The summed E-state index contributed by atoms with van der Waals surface area (Å²) in [4.78, 5) is 57.2. The molecule has 2 aromatic rings. The summed E-state index contributed by atoms with van der Waals surface area (Å²) in [6, 6.07) is 4.61. The molecule has 0 bridgehead atoms. The summed E-state index contributed by atoms with van der Waals surface area (Å²) in [6.45, 7) is 0.490. The second-order valence-corrected chi connectivity index (χ2v) is 8.93. The number of carbonyl (C=O) groups is 4. The first-order chi connectivity index (χ1) is 17.7. The van der Waals surface area contributed by atoms with Crippen molar-refractivity contribution in [3.63, 3.8) is 0 Å². The van der Waals surface area contributed by atoms with Crippen LogP contribution in [0, 0.1) is 0 Å². The number of hydrogen-bond acceptors (Lipinski definition) is 8. The van der Waals surface area contributed by atoms with E-state index in [1.165, 1.54) is 12.5 Å². The van der Waals surface area contributed by atoms with Gasteiger partial charge in [-0.15, -0.1) is 0 Å². The number of aliphatic carboxylic acids is 1. The number of nitrogens with two attached hydrogens (primary N) is 2. The Labute approximate surface area is 220 Å². The summed E-state index contributed by atoms with van der Waals surface area (Å²) in [7, 11) is 0. The fraction of sp³-hybridized carbons (Fsp3) is 0.458. The lowest BCUT2D eigenvalue weighted by Crippen LogP contribution is -2.58. The first-order valence-electron chi connectivity index (χ1n) is 12.0. The van der Waals surface area contributed by atoms with Crippen molar-refractivity contribution < 1.29 is 24.3 Å². The van der Waals surface area contributed by atoms with Crippen molar-refractivity contribution in [3.8, 4) is 0 Å². The minimum Gasteiger partial charge on any atom is -0.480 e. The highest BCUT2D eigenvalue weighted by atomic mass is 32.1. The van der Waals surface area contributed by atoms with Gasteiger partial charge in [0.05, 0.1) is 12.4 Å². The van der Waals surface area contributed by atoms with Crippen LogP contribution < -0.4 is 27.4 Å². The van der Waals surface area contributed by atoms with Gasteiger partial charge in [-0.3, -0.25) is 14.4 Å². The molecular formula is C24H35N7O5S. The quantitative estimate of drug-likeness (QED) is 0.100. The Hall–Kier alpha value is -3.42. The molecule has 0 saturated heterocycles. The maximum atomic E-state index is 13.1. The van der Waals surface area contributed by atoms with E-state index < -0.39 is 47.9 Å². The zero-order valence-electron chi connectivity index (χ0n) is 20.4. The molecular weight excluding hydrogens is 498 g/mol. The van der Waals surface area contributed by atoms with E-state index in [-0.39, 0.29) is 18.6 Å². The van der Waals surface area contributed by atoms with Gasteiger partial charge in [0, 0.05) is 30.5 Å². The van der Waals surface area contributed by atoms with Crippen LogP contribution in [0.1, 0.15) is 30.5 Å². The number of carboxylic acid groups (broad SMARTS) is 1. The van der Waals surface area contributed by atoms with E-state index in [1.807, 2.05) is 0 Å². The third kappa shape index (κ3) is 10.2. The van der Waals surface area contributed by atoms with E-state index in [2.05, 4.69) is 38.5 Å². The lowest BCUT2D eigenvalue weighted by Gasteiger charge is -2.24. The zero-order chi connectivity index (χ0) is 27.2. The molecule has 0 saturated carbocycles. The maximum absolute atomic E-state index is 13.1. The fourth-order valence-electron chi connectivity index (χ4n) is 3.53. The van der Waals surface area contributed by atoms with Crippen LogP contribution in [0.5, 0.6) is 0 Å². The molecule has 4 atom stereocenters. The van der Waals surface area contributed by atoms with Crippen LogP contribution in [-0.2, 0) is 32.0 Å².